The molecule has 3 atom stereocenters. The zero-order valence-corrected chi connectivity index (χ0v) is 14.2. The average molecular weight is 347 g/mol. The Labute approximate surface area is 143 Å². The number of rotatable bonds is 2. The van der Waals surface area contributed by atoms with Crippen LogP contribution in [-0.2, 0) is 17.3 Å². The van der Waals surface area contributed by atoms with Crippen molar-refractivity contribution in [3.8, 4) is 5.75 Å². The lowest BCUT2D eigenvalue weighted by Gasteiger charge is -2.26. The summed E-state index contributed by atoms with van der Waals surface area (Å²) < 4.78 is 8.77. The highest BCUT2D eigenvalue weighted by Gasteiger charge is 2.39. The highest BCUT2D eigenvalue weighted by molar-refractivity contribution is 5.89. The van der Waals surface area contributed by atoms with Crippen LogP contribution in [-0.4, -0.2) is 44.7 Å². The minimum atomic E-state index is -0.868. The second-order valence-corrected chi connectivity index (χ2v) is 7.15. The van der Waals surface area contributed by atoms with E-state index in [0.717, 1.165) is 5.56 Å². The molecule has 1 saturated heterocycles. The van der Waals surface area contributed by atoms with E-state index in [0.29, 0.717) is 36.2 Å². The van der Waals surface area contributed by atoms with Crippen molar-refractivity contribution < 1.29 is 19.7 Å². The number of piperidine rings is 1. The van der Waals surface area contributed by atoms with E-state index < -0.39 is 17.7 Å². The third kappa shape index (κ3) is 2.14. The van der Waals surface area contributed by atoms with Crippen LogP contribution in [0, 0.1) is 0 Å². The van der Waals surface area contributed by atoms with Crippen molar-refractivity contribution in [1.29, 1.82) is 0 Å². The fraction of sp³-hybridized carbons (Fsp3) is 0.529. The molecule has 1 aromatic carbocycles. The van der Waals surface area contributed by atoms with Gasteiger partial charge in [-0.15, -0.1) is 0 Å². The zero-order valence-electron chi connectivity index (χ0n) is 14.2. The molecule has 3 N–H and O–H groups in total. The van der Waals surface area contributed by atoms with E-state index in [2.05, 4.69) is 5.32 Å². The standard InChI is InChI=1S/C17H21N3O5/c1-17(7-21)8-25-14-9(17)3-4-10-13(14)19(2)16(24)20(10)11-5-6-12(22)18-15(11)23/h3-4,11-12,21-22H,5-8H2,1-2H3,(H,18,23). The first-order valence-corrected chi connectivity index (χ1v) is 8.34. The lowest BCUT2D eigenvalue weighted by atomic mass is 9.85. The first-order chi connectivity index (χ1) is 11.9. The number of aryl methyl sites for hydroxylation is 1. The van der Waals surface area contributed by atoms with Crippen molar-refractivity contribution in [2.75, 3.05) is 13.2 Å². The van der Waals surface area contributed by atoms with Gasteiger partial charge in [0.25, 0.3) is 0 Å². The summed E-state index contributed by atoms with van der Waals surface area (Å²) in [6, 6.07) is 2.99. The number of hydrogen-bond donors (Lipinski definition) is 3. The van der Waals surface area contributed by atoms with Gasteiger partial charge in [0.15, 0.2) is 0 Å². The normalized spacial score (nSPS) is 28.7. The van der Waals surface area contributed by atoms with Gasteiger partial charge in [0, 0.05) is 12.6 Å². The molecule has 1 amide bonds. The summed E-state index contributed by atoms with van der Waals surface area (Å²) in [6.07, 6.45) is -0.0889. The predicted octanol–water partition coefficient (Wildman–Crippen LogP) is -0.248. The lowest BCUT2D eigenvalue weighted by Crippen LogP contribution is -2.46. The van der Waals surface area contributed by atoms with Gasteiger partial charge in [-0.1, -0.05) is 6.07 Å². The number of carbonyl (C=O) groups excluding carboxylic acids is 1. The summed E-state index contributed by atoms with van der Waals surface area (Å²) in [4.78, 5) is 25.1. The van der Waals surface area contributed by atoms with E-state index in [1.807, 2.05) is 13.0 Å². The molecule has 0 aliphatic carbocycles. The number of hydrogen-bond acceptors (Lipinski definition) is 5. The van der Waals surface area contributed by atoms with E-state index in [-0.39, 0.29) is 18.2 Å². The molecule has 0 spiro atoms. The Kier molecular flexibility index (Phi) is 3.45. The lowest BCUT2D eigenvalue weighted by molar-refractivity contribution is -0.130. The highest BCUT2D eigenvalue weighted by Crippen LogP contribution is 2.43. The Morgan fingerprint density at radius 1 is 1.36 bits per heavy atom. The number of carbonyl (C=O) groups is 1. The first-order valence-electron chi connectivity index (χ1n) is 8.34. The summed E-state index contributed by atoms with van der Waals surface area (Å²) >= 11 is 0. The maximum absolute atomic E-state index is 12.8. The molecule has 8 heteroatoms. The molecule has 3 unspecified atom stereocenters. The fourth-order valence-electron chi connectivity index (χ4n) is 3.83. The molecule has 0 bridgehead atoms. The van der Waals surface area contributed by atoms with E-state index in [1.165, 1.54) is 9.13 Å². The number of benzene rings is 1. The van der Waals surface area contributed by atoms with Crippen LogP contribution in [0.5, 0.6) is 5.75 Å². The molecule has 3 heterocycles. The van der Waals surface area contributed by atoms with Crippen molar-refractivity contribution >= 4 is 16.9 Å². The van der Waals surface area contributed by atoms with Gasteiger partial charge in [-0.05, 0) is 25.8 Å². The van der Waals surface area contributed by atoms with Gasteiger partial charge in [0.2, 0.25) is 5.91 Å². The largest absolute Gasteiger partial charge is 0.490 e. The van der Waals surface area contributed by atoms with E-state index in [9.17, 15) is 19.8 Å². The average Bonchev–Trinajstić information content (AvgIpc) is 3.05. The van der Waals surface area contributed by atoms with Gasteiger partial charge in [0.05, 0.1) is 17.5 Å². The molecule has 1 aromatic heterocycles. The maximum Gasteiger partial charge on any atom is 0.329 e. The summed E-state index contributed by atoms with van der Waals surface area (Å²) in [5, 5.41) is 21.8. The molecule has 0 saturated carbocycles. The Bertz CT molecular complexity index is 930. The van der Waals surface area contributed by atoms with Crippen molar-refractivity contribution in [1.82, 2.24) is 14.5 Å². The van der Waals surface area contributed by atoms with Gasteiger partial charge >= 0.3 is 5.69 Å². The molecule has 134 valence electrons. The van der Waals surface area contributed by atoms with Crippen LogP contribution in [0.1, 0.15) is 31.4 Å². The van der Waals surface area contributed by atoms with E-state index in [4.69, 9.17) is 4.74 Å². The first kappa shape index (κ1) is 16.2. The summed E-state index contributed by atoms with van der Waals surface area (Å²) in [5.41, 5.74) is 1.29. The van der Waals surface area contributed by atoms with Gasteiger partial charge < -0.3 is 20.3 Å². The van der Waals surface area contributed by atoms with Crippen molar-refractivity contribution in [2.24, 2.45) is 7.05 Å². The smallest absolute Gasteiger partial charge is 0.329 e. The third-order valence-corrected chi connectivity index (χ3v) is 5.37. The predicted molar refractivity (Wildman–Crippen MR) is 89.5 cm³/mol. The molecule has 4 rings (SSSR count). The molecular weight excluding hydrogens is 326 g/mol. The Balaban J connectivity index is 1.93. The second-order valence-electron chi connectivity index (χ2n) is 7.15. The molecule has 2 aliphatic heterocycles. The maximum atomic E-state index is 12.8. The summed E-state index contributed by atoms with van der Waals surface area (Å²) in [5.74, 6) is 0.221. The Morgan fingerprint density at radius 2 is 2.12 bits per heavy atom. The SMILES string of the molecule is Cn1c(=O)n(C2CCC(O)NC2=O)c2ccc3c(c21)OCC3(C)CO. The van der Waals surface area contributed by atoms with Crippen LogP contribution in [0.4, 0.5) is 0 Å². The van der Waals surface area contributed by atoms with Crippen molar-refractivity contribution in [3.05, 3.63) is 28.2 Å². The second kappa shape index (κ2) is 5.34. The molecule has 0 radical (unpaired) electrons. The third-order valence-electron chi connectivity index (χ3n) is 5.37. The Hall–Kier alpha value is -2.32. The zero-order chi connectivity index (χ0) is 17.9. The number of aliphatic hydroxyl groups is 2. The minimum absolute atomic E-state index is 0.0525. The summed E-state index contributed by atoms with van der Waals surface area (Å²) in [6.45, 7) is 2.20. The number of aromatic nitrogens is 2. The monoisotopic (exact) mass is 347 g/mol. The van der Waals surface area contributed by atoms with Crippen molar-refractivity contribution in [3.63, 3.8) is 0 Å². The number of aliphatic hydroxyl groups excluding tert-OH is 2. The summed E-state index contributed by atoms with van der Waals surface area (Å²) in [7, 11) is 1.65. The van der Waals surface area contributed by atoms with Gasteiger partial charge in [-0.25, -0.2) is 4.79 Å². The number of fused-ring (bicyclic) bond motifs is 3. The van der Waals surface area contributed by atoms with Crippen LogP contribution >= 0.6 is 0 Å². The van der Waals surface area contributed by atoms with E-state index >= 15 is 0 Å². The Morgan fingerprint density at radius 3 is 2.80 bits per heavy atom. The number of nitrogens with one attached hydrogen (secondary N) is 1. The molecule has 2 aliphatic rings. The van der Waals surface area contributed by atoms with Crippen LogP contribution in [0.2, 0.25) is 0 Å². The highest BCUT2D eigenvalue weighted by atomic mass is 16.5. The fourth-order valence-corrected chi connectivity index (χ4v) is 3.83. The van der Waals surface area contributed by atoms with Crippen LogP contribution in [0.25, 0.3) is 11.0 Å². The number of ether oxygens (including phenoxy) is 1. The van der Waals surface area contributed by atoms with Crippen LogP contribution in [0.15, 0.2) is 16.9 Å². The molecular formula is C17H21N3O5. The molecule has 1 fully saturated rings. The number of nitrogens with zero attached hydrogens (tertiary/aromatic N) is 2. The molecule has 8 nitrogen and oxygen atoms in total. The van der Waals surface area contributed by atoms with Crippen molar-refractivity contribution in [2.45, 2.75) is 37.5 Å². The van der Waals surface area contributed by atoms with Gasteiger partial charge in [-0.2, -0.15) is 0 Å². The number of amides is 1. The molecule has 2 aromatic rings. The topological polar surface area (TPSA) is 106 Å². The van der Waals surface area contributed by atoms with Gasteiger partial charge in [0.1, 0.15) is 30.1 Å². The quantitative estimate of drug-likeness (QED) is 0.695. The van der Waals surface area contributed by atoms with Crippen LogP contribution < -0.4 is 15.7 Å². The minimum Gasteiger partial charge on any atom is -0.490 e. The van der Waals surface area contributed by atoms with Crippen LogP contribution in [0.3, 0.4) is 0 Å². The van der Waals surface area contributed by atoms with Gasteiger partial charge in [-0.3, -0.25) is 13.9 Å². The number of imidazole rings is 1. The molecule has 25 heavy (non-hydrogen) atoms. The van der Waals surface area contributed by atoms with E-state index in [1.54, 1.807) is 13.1 Å².